The lowest BCUT2D eigenvalue weighted by atomic mass is 10.1. The van der Waals surface area contributed by atoms with Crippen molar-refractivity contribution in [1.29, 1.82) is 0 Å². The summed E-state index contributed by atoms with van der Waals surface area (Å²) in [5.41, 5.74) is 4.09. The maximum atomic E-state index is 11.7. The van der Waals surface area contributed by atoms with E-state index >= 15 is 0 Å². The lowest BCUT2D eigenvalue weighted by molar-refractivity contribution is -0.143. The number of esters is 1. The standard InChI is InChI=1S/C25H33N3O6S/c1-4-33-25(30)11-10-21-17(2)27-23-15-20(8-9-22(21)23)34-13-12-26-16-24(29)18-6-5-7-19(14-18)28-35(3,31)32/h5-9,14-15,24,26-29H,4,10-13,16H2,1-3H3/t24-/m0/s1. The Morgan fingerprint density at radius 2 is 2.00 bits per heavy atom. The predicted molar refractivity (Wildman–Crippen MR) is 136 cm³/mol. The van der Waals surface area contributed by atoms with Gasteiger partial charge in [-0.05, 0) is 55.7 Å². The number of sulfonamides is 1. The molecule has 2 aromatic carbocycles. The van der Waals surface area contributed by atoms with Gasteiger partial charge in [-0.3, -0.25) is 9.52 Å². The van der Waals surface area contributed by atoms with E-state index in [9.17, 15) is 18.3 Å². The van der Waals surface area contributed by atoms with Crippen LogP contribution in [0.4, 0.5) is 5.69 Å². The van der Waals surface area contributed by atoms with E-state index in [1.54, 1.807) is 31.2 Å². The molecule has 3 aromatic rings. The minimum atomic E-state index is -3.38. The molecule has 0 radical (unpaired) electrons. The van der Waals surface area contributed by atoms with Crippen LogP contribution in [0.2, 0.25) is 0 Å². The second-order valence-corrected chi connectivity index (χ2v) is 10.1. The summed E-state index contributed by atoms with van der Waals surface area (Å²) in [6, 6.07) is 12.5. The fraction of sp³-hybridized carbons (Fsp3) is 0.400. The van der Waals surface area contributed by atoms with Crippen molar-refractivity contribution >= 4 is 32.6 Å². The number of benzene rings is 2. The number of aliphatic hydroxyl groups is 1. The van der Waals surface area contributed by atoms with Gasteiger partial charge in [0.15, 0.2) is 0 Å². The number of carbonyl (C=O) groups is 1. The highest BCUT2D eigenvalue weighted by molar-refractivity contribution is 7.92. The number of aromatic amines is 1. The second kappa shape index (κ2) is 12.1. The van der Waals surface area contributed by atoms with E-state index in [0.29, 0.717) is 50.4 Å². The average molecular weight is 504 g/mol. The number of hydrogen-bond donors (Lipinski definition) is 4. The first kappa shape index (κ1) is 26.5. The molecular weight excluding hydrogens is 470 g/mol. The molecule has 0 bridgehead atoms. The normalized spacial score (nSPS) is 12.5. The summed E-state index contributed by atoms with van der Waals surface area (Å²) in [7, 11) is -3.38. The van der Waals surface area contributed by atoms with Gasteiger partial charge in [-0.2, -0.15) is 0 Å². The van der Waals surface area contributed by atoms with Gasteiger partial charge in [0.1, 0.15) is 12.4 Å². The lowest BCUT2D eigenvalue weighted by Gasteiger charge is -2.14. The summed E-state index contributed by atoms with van der Waals surface area (Å²) in [5, 5.41) is 14.6. The number of H-pyrrole nitrogens is 1. The smallest absolute Gasteiger partial charge is 0.306 e. The van der Waals surface area contributed by atoms with E-state index in [1.165, 1.54) is 0 Å². The van der Waals surface area contributed by atoms with Crippen LogP contribution >= 0.6 is 0 Å². The van der Waals surface area contributed by atoms with E-state index < -0.39 is 16.1 Å². The Hall–Kier alpha value is -3.08. The van der Waals surface area contributed by atoms with E-state index in [-0.39, 0.29) is 5.97 Å². The predicted octanol–water partition coefficient (Wildman–Crippen LogP) is 3.05. The van der Waals surface area contributed by atoms with Gasteiger partial charge in [-0.25, -0.2) is 8.42 Å². The highest BCUT2D eigenvalue weighted by Gasteiger charge is 2.12. The molecule has 1 atom stereocenters. The Morgan fingerprint density at radius 3 is 2.74 bits per heavy atom. The van der Waals surface area contributed by atoms with Crippen LogP contribution in [0.15, 0.2) is 42.5 Å². The third-order valence-electron chi connectivity index (χ3n) is 5.44. The fourth-order valence-electron chi connectivity index (χ4n) is 3.86. The zero-order valence-electron chi connectivity index (χ0n) is 20.3. The number of rotatable bonds is 13. The van der Waals surface area contributed by atoms with Crippen molar-refractivity contribution in [3.8, 4) is 5.75 Å². The Labute approximate surface area is 205 Å². The summed E-state index contributed by atoms with van der Waals surface area (Å²) in [4.78, 5) is 15.1. The minimum Gasteiger partial charge on any atom is -0.492 e. The quantitative estimate of drug-likeness (QED) is 0.208. The summed E-state index contributed by atoms with van der Waals surface area (Å²) in [6.45, 7) is 5.40. The summed E-state index contributed by atoms with van der Waals surface area (Å²) >= 11 is 0. The first-order valence-electron chi connectivity index (χ1n) is 11.5. The van der Waals surface area contributed by atoms with Crippen molar-refractivity contribution < 1.29 is 27.8 Å². The molecule has 0 aliphatic heterocycles. The van der Waals surface area contributed by atoms with Gasteiger partial charge < -0.3 is 24.9 Å². The van der Waals surface area contributed by atoms with Crippen LogP contribution in [-0.2, 0) is 26.0 Å². The van der Waals surface area contributed by atoms with Gasteiger partial charge in [0, 0.05) is 47.9 Å². The van der Waals surface area contributed by atoms with Gasteiger partial charge in [-0.15, -0.1) is 0 Å². The Bertz CT molecular complexity index is 1260. The summed E-state index contributed by atoms with van der Waals surface area (Å²) < 4.78 is 36.0. The molecule has 0 aliphatic carbocycles. The van der Waals surface area contributed by atoms with Crippen LogP contribution in [0.1, 0.15) is 36.3 Å². The molecule has 3 rings (SSSR count). The van der Waals surface area contributed by atoms with E-state index in [2.05, 4.69) is 15.0 Å². The van der Waals surface area contributed by atoms with E-state index in [1.807, 2.05) is 25.1 Å². The molecule has 190 valence electrons. The van der Waals surface area contributed by atoms with Gasteiger partial charge in [-0.1, -0.05) is 12.1 Å². The Morgan fingerprint density at radius 1 is 1.20 bits per heavy atom. The number of nitrogens with one attached hydrogen (secondary N) is 3. The Balaban J connectivity index is 1.47. The SMILES string of the molecule is CCOC(=O)CCc1c(C)[nH]c2cc(OCCNC[C@H](O)c3cccc(NS(C)(=O)=O)c3)ccc12. The molecule has 0 aliphatic rings. The lowest BCUT2D eigenvalue weighted by Crippen LogP contribution is -2.26. The number of aromatic nitrogens is 1. The van der Waals surface area contributed by atoms with Gasteiger partial charge in [0.25, 0.3) is 0 Å². The topological polar surface area (TPSA) is 130 Å². The van der Waals surface area contributed by atoms with Crippen LogP contribution in [0.25, 0.3) is 10.9 Å². The molecule has 35 heavy (non-hydrogen) atoms. The minimum absolute atomic E-state index is 0.197. The largest absolute Gasteiger partial charge is 0.492 e. The molecule has 0 fully saturated rings. The van der Waals surface area contributed by atoms with Crippen molar-refractivity contribution in [2.24, 2.45) is 0 Å². The van der Waals surface area contributed by atoms with Gasteiger partial charge in [0.2, 0.25) is 10.0 Å². The molecule has 1 aromatic heterocycles. The van der Waals surface area contributed by atoms with Gasteiger partial charge in [0.05, 0.1) is 19.0 Å². The van der Waals surface area contributed by atoms with Crippen molar-refractivity contribution in [2.45, 2.75) is 32.8 Å². The van der Waals surface area contributed by atoms with E-state index in [0.717, 1.165) is 34.2 Å². The number of aliphatic hydroxyl groups excluding tert-OH is 1. The van der Waals surface area contributed by atoms with Crippen LogP contribution in [0, 0.1) is 6.92 Å². The molecule has 10 heteroatoms. The second-order valence-electron chi connectivity index (χ2n) is 8.31. The third-order valence-corrected chi connectivity index (χ3v) is 6.04. The maximum absolute atomic E-state index is 11.7. The van der Waals surface area contributed by atoms with Crippen LogP contribution < -0.4 is 14.8 Å². The Kier molecular flexibility index (Phi) is 9.13. The molecular formula is C25H33N3O6S. The van der Waals surface area contributed by atoms with Crippen molar-refractivity contribution in [2.75, 3.05) is 37.3 Å². The van der Waals surface area contributed by atoms with Crippen molar-refractivity contribution in [3.63, 3.8) is 0 Å². The maximum Gasteiger partial charge on any atom is 0.306 e. The molecule has 0 saturated heterocycles. The number of aryl methyl sites for hydroxylation is 2. The first-order valence-corrected chi connectivity index (χ1v) is 13.4. The van der Waals surface area contributed by atoms with Gasteiger partial charge >= 0.3 is 5.97 Å². The number of fused-ring (bicyclic) bond motifs is 1. The molecule has 9 nitrogen and oxygen atoms in total. The molecule has 0 saturated carbocycles. The summed E-state index contributed by atoms with van der Waals surface area (Å²) in [6.07, 6.45) is 1.25. The molecule has 4 N–H and O–H groups in total. The zero-order chi connectivity index (χ0) is 25.4. The van der Waals surface area contributed by atoms with Crippen molar-refractivity contribution in [3.05, 3.63) is 59.3 Å². The highest BCUT2D eigenvalue weighted by atomic mass is 32.2. The molecule has 0 unspecified atom stereocenters. The third kappa shape index (κ3) is 7.98. The number of anilines is 1. The van der Waals surface area contributed by atoms with Crippen molar-refractivity contribution in [1.82, 2.24) is 10.3 Å². The van der Waals surface area contributed by atoms with Crippen LogP contribution in [-0.4, -0.2) is 57.0 Å². The monoisotopic (exact) mass is 503 g/mol. The molecule has 0 amide bonds. The summed E-state index contributed by atoms with van der Waals surface area (Å²) in [5.74, 6) is 0.523. The zero-order valence-corrected chi connectivity index (χ0v) is 21.1. The fourth-order valence-corrected chi connectivity index (χ4v) is 4.42. The highest BCUT2D eigenvalue weighted by Crippen LogP contribution is 2.27. The number of ether oxygens (including phenoxy) is 2. The van der Waals surface area contributed by atoms with Crippen LogP contribution in [0.3, 0.4) is 0 Å². The molecule has 0 spiro atoms. The number of hydrogen-bond acceptors (Lipinski definition) is 7. The molecule has 1 heterocycles. The first-order chi connectivity index (χ1) is 16.7. The van der Waals surface area contributed by atoms with Crippen LogP contribution in [0.5, 0.6) is 5.75 Å². The number of carbonyl (C=O) groups excluding carboxylic acids is 1. The van der Waals surface area contributed by atoms with E-state index in [4.69, 9.17) is 9.47 Å². The average Bonchev–Trinajstić information content (AvgIpc) is 3.10.